The summed E-state index contributed by atoms with van der Waals surface area (Å²) in [4.78, 5) is 12.3. The molecule has 1 amide bonds. The standard InChI is InChI=1S/C21H26N2O2/c1-25-20-14-8-16(9-15-20)21(24)23-19-12-10-18(11-13-19)22-17-6-4-2-3-5-7-17/h8-15,17,22H,2-7H2,1H3,(H,23,24). The topological polar surface area (TPSA) is 50.4 Å². The first-order chi connectivity index (χ1) is 12.2. The molecule has 2 aromatic rings. The zero-order chi connectivity index (χ0) is 17.5. The van der Waals surface area contributed by atoms with E-state index in [1.54, 1.807) is 31.4 Å². The van der Waals surface area contributed by atoms with Crippen LogP contribution < -0.4 is 15.4 Å². The number of nitrogens with one attached hydrogen (secondary N) is 2. The molecule has 3 rings (SSSR count). The van der Waals surface area contributed by atoms with Crippen LogP contribution >= 0.6 is 0 Å². The van der Waals surface area contributed by atoms with Gasteiger partial charge in [0.25, 0.3) is 5.91 Å². The minimum absolute atomic E-state index is 0.118. The maximum Gasteiger partial charge on any atom is 0.255 e. The van der Waals surface area contributed by atoms with Crippen LogP contribution in [0.4, 0.5) is 11.4 Å². The zero-order valence-corrected chi connectivity index (χ0v) is 14.8. The van der Waals surface area contributed by atoms with Crippen molar-refractivity contribution in [1.29, 1.82) is 0 Å². The lowest BCUT2D eigenvalue weighted by atomic mass is 10.1. The summed E-state index contributed by atoms with van der Waals surface area (Å²) in [5.41, 5.74) is 2.53. The molecule has 0 unspecified atom stereocenters. The lowest BCUT2D eigenvalue weighted by molar-refractivity contribution is 0.102. The van der Waals surface area contributed by atoms with Gasteiger partial charge >= 0.3 is 0 Å². The molecule has 0 radical (unpaired) electrons. The highest BCUT2D eigenvalue weighted by atomic mass is 16.5. The van der Waals surface area contributed by atoms with Gasteiger partial charge in [-0.3, -0.25) is 4.79 Å². The normalized spacial score (nSPS) is 15.2. The molecule has 0 heterocycles. The molecule has 0 bridgehead atoms. The molecule has 1 aliphatic carbocycles. The second kappa shape index (κ2) is 8.56. The Balaban J connectivity index is 1.56. The molecule has 1 aliphatic rings. The molecule has 25 heavy (non-hydrogen) atoms. The van der Waals surface area contributed by atoms with Crippen molar-refractivity contribution < 1.29 is 9.53 Å². The number of amides is 1. The largest absolute Gasteiger partial charge is 0.497 e. The number of anilines is 2. The van der Waals surface area contributed by atoms with Crippen LogP contribution in [0.25, 0.3) is 0 Å². The Bertz CT molecular complexity index is 672. The summed E-state index contributed by atoms with van der Waals surface area (Å²) in [6.45, 7) is 0. The van der Waals surface area contributed by atoms with E-state index in [9.17, 15) is 4.79 Å². The van der Waals surface area contributed by atoms with Crippen molar-refractivity contribution in [1.82, 2.24) is 0 Å². The summed E-state index contributed by atoms with van der Waals surface area (Å²) in [5, 5.41) is 6.55. The highest BCUT2D eigenvalue weighted by Crippen LogP contribution is 2.22. The number of ether oxygens (including phenoxy) is 1. The quantitative estimate of drug-likeness (QED) is 0.747. The van der Waals surface area contributed by atoms with Gasteiger partial charge in [-0.05, 0) is 61.4 Å². The molecule has 1 saturated carbocycles. The van der Waals surface area contributed by atoms with E-state index in [2.05, 4.69) is 10.6 Å². The van der Waals surface area contributed by atoms with Crippen molar-refractivity contribution in [2.24, 2.45) is 0 Å². The molecule has 0 aromatic heterocycles. The number of hydrogen-bond acceptors (Lipinski definition) is 3. The molecule has 0 atom stereocenters. The average molecular weight is 338 g/mol. The monoisotopic (exact) mass is 338 g/mol. The van der Waals surface area contributed by atoms with Crippen LogP contribution in [0, 0.1) is 0 Å². The molecular weight excluding hydrogens is 312 g/mol. The third kappa shape index (κ3) is 4.99. The van der Waals surface area contributed by atoms with Crippen molar-refractivity contribution in [2.75, 3.05) is 17.7 Å². The summed E-state index contributed by atoms with van der Waals surface area (Å²) < 4.78 is 5.11. The SMILES string of the molecule is COc1ccc(C(=O)Nc2ccc(NC3CCCCCC3)cc2)cc1. The van der Waals surface area contributed by atoms with E-state index >= 15 is 0 Å². The molecule has 132 valence electrons. The number of hydrogen-bond donors (Lipinski definition) is 2. The Kier molecular flexibility index (Phi) is 5.94. The van der Waals surface area contributed by atoms with Crippen molar-refractivity contribution in [3.8, 4) is 5.75 Å². The van der Waals surface area contributed by atoms with Gasteiger partial charge in [-0.15, -0.1) is 0 Å². The summed E-state index contributed by atoms with van der Waals surface area (Å²) in [5.74, 6) is 0.623. The number of carbonyl (C=O) groups is 1. The highest BCUT2D eigenvalue weighted by Gasteiger charge is 2.12. The van der Waals surface area contributed by atoms with Crippen LogP contribution in [0.1, 0.15) is 48.9 Å². The first kappa shape index (κ1) is 17.3. The third-order valence-corrected chi connectivity index (χ3v) is 4.72. The minimum atomic E-state index is -0.118. The predicted octanol–water partition coefficient (Wildman–Crippen LogP) is 5.08. The molecule has 4 nitrogen and oxygen atoms in total. The first-order valence-electron chi connectivity index (χ1n) is 9.06. The average Bonchev–Trinajstić information content (AvgIpc) is 2.92. The third-order valence-electron chi connectivity index (χ3n) is 4.72. The lowest BCUT2D eigenvalue weighted by Gasteiger charge is -2.18. The van der Waals surface area contributed by atoms with Crippen LogP contribution in [0.5, 0.6) is 5.75 Å². The Morgan fingerprint density at radius 3 is 2.08 bits per heavy atom. The molecule has 0 saturated heterocycles. The van der Waals surface area contributed by atoms with Crippen molar-refractivity contribution in [3.05, 3.63) is 54.1 Å². The van der Waals surface area contributed by atoms with E-state index < -0.39 is 0 Å². The molecule has 2 aromatic carbocycles. The predicted molar refractivity (Wildman–Crippen MR) is 103 cm³/mol. The van der Waals surface area contributed by atoms with Gasteiger partial charge in [0.1, 0.15) is 5.75 Å². The summed E-state index contributed by atoms with van der Waals surface area (Å²) >= 11 is 0. The van der Waals surface area contributed by atoms with E-state index in [-0.39, 0.29) is 5.91 Å². The number of rotatable bonds is 5. The molecule has 1 fully saturated rings. The fourth-order valence-electron chi connectivity index (χ4n) is 3.25. The molecule has 2 N–H and O–H groups in total. The van der Waals surface area contributed by atoms with Gasteiger partial charge < -0.3 is 15.4 Å². The van der Waals surface area contributed by atoms with Gasteiger partial charge in [-0.2, -0.15) is 0 Å². The summed E-state index contributed by atoms with van der Waals surface area (Å²) in [6, 6.07) is 15.6. The van der Waals surface area contributed by atoms with Crippen LogP contribution in [0.15, 0.2) is 48.5 Å². The van der Waals surface area contributed by atoms with Gasteiger partial charge in [0.15, 0.2) is 0 Å². The Morgan fingerprint density at radius 2 is 1.48 bits per heavy atom. The maximum absolute atomic E-state index is 12.3. The summed E-state index contributed by atoms with van der Waals surface area (Å²) in [7, 11) is 1.61. The van der Waals surface area contributed by atoms with E-state index in [1.807, 2.05) is 24.3 Å². The number of methoxy groups -OCH3 is 1. The smallest absolute Gasteiger partial charge is 0.255 e. The van der Waals surface area contributed by atoms with E-state index in [0.717, 1.165) is 17.1 Å². The fourth-order valence-corrected chi connectivity index (χ4v) is 3.25. The lowest BCUT2D eigenvalue weighted by Crippen LogP contribution is -2.18. The van der Waals surface area contributed by atoms with Crippen LogP contribution in [-0.2, 0) is 0 Å². The van der Waals surface area contributed by atoms with Crippen LogP contribution in [-0.4, -0.2) is 19.1 Å². The highest BCUT2D eigenvalue weighted by molar-refractivity contribution is 6.04. The second-order valence-corrected chi connectivity index (χ2v) is 6.59. The molecular formula is C21H26N2O2. The van der Waals surface area contributed by atoms with Crippen molar-refractivity contribution in [3.63, 3.8) is 0 Å². The Morgan fingerprint density at radius 1 is 0.880 bits per heavy atom. The van der Waals surface area contributed by atoms with E-state index in [0.29, 0.717) is 11.6 Å². The van der Waals surface area contributed by atoms with Crippen LogP contribution in [0.2, 0.25) is 0 Å². The van der Waals surface area contributed by atoms with E-state index in [1.165, 1.54) is 38.5 Å². The second-order valence-electron chi connectivity index (χ2n) is 6.59. The molecule has 0 aliphatic heterocycles. The molecule has 4 heteroatoms. The van der Waals surface area contributed by atoms with E-state index in [4.69, 9.17) is 4.74 Å². The zero-order valence-electron chi connectivity index (χ0n) is 14.8. The molecule has 0 spiro atoms. The maximum atomic E-state index is 12.3. The van der Waals surface area contributed by atoms with Crippen molar-refractivity contribution in [2.45, 2.75) is 44.6 Å². The van der Waals surface area contributed by atoms with Gasteiger partial charge in [0, 0.05) is 23.0 Å². The fraction of sp³-hybridized carbons (Fsp3) is 0.381. The Hall–Kier alpha value is -2.49. The summed E-state index contributed by atoms with van der Waals surface area (Å²) in [6.07, 6.45) is 7.83. The van der Waals surface area contributed by atoms with Gasteiger partial charge in [-0.25, -0.2) is 0 Å². The van der Waals surface area contributed by atoms with Gasteiger partial charge in [-0.1, -0.05) is 25.7 Å². The number of benzene rings is 2. The van der Waals surface area contributed by atoms with Crippen LogP contribution in [0.3, 0.4) is 0 Å². The van der Waals surface area contributed by atoms with Gasteiger partial charge in [0.05, 0.1) is 7.11 Å². The van der Waals surface area contributed by atoms with Gasteiger partial charge in [0.2, 0.25) is 0 Å². The first-order valence-corrected chi connectivity index (χ1v) is 9.06. The Labute approximate surface area is 149 Å². The van der Waals surface area contributed by atoms with Crippen molar-refractivity contribution >= 4 is 17.3 Å². The minimum Gasteiger partial charge on any atom is -0.497 e. The number of carbonyl (C=O) groups excluding carboxylic acids is 1.